The number of benzene rings is 1. The van der Waals surface area contributed by atoms with Crippen LogP contribution in [-0.2, 0) is 16.1 Å². The molecular formula is C24H34O3. The van der Waals surface area contributed by atoms with Gasteiger partial charge >= 0.3 is 0 Å². The van der Waals surface area contributed by atoms with Crippen LogP contribution in [0.1, 0.15) is 57.4 Å². The number of unbranched alkanes of at least 4 members (excludes halogenated alkanes) is 4. The van der Waals surface area contributed by atoms with E-state index in [0.29, 0.717) is 31.3 Å². The van der Waals surface area contributed by atoms with Crippen molar-refractivity contribution in [2.24, 2.45) is 11.8 Å². The van der Waals surface area contributed by atoms with Gasteiger partial charge in [0.25, 0.3) is 0 Å². The van der Waals surface area contributed by atoms with Crippen LogP contribution in [-0.4, -0.2) is 19.5 Å². The molecule has 2 atom stereocenters. The summed E-state index contributed by atoms with van der Waals surface area (Å²) in [6, 6.07) is 7.93. The molecule has 0 aliphatic heterocycles. The van der Waals surface area contributed by atoms with Crippen molar-refractivity contribution in [3.8, 4) is 5.75 Å². The molecule has 148 valence electrons. The zero-order valence-corrected chi connectivity index (χ0v) is 16.9. The van der Waals surface area contributed by atoms with Gasteiger partial charge in [-0.05, 0) is 62.6 Å². The zero-order valence-electron chi connectivity index (χ0n) is 16.9. The van der Waals surface area contributed by atoms with E-state index in [0.717, 1.165) is 24.2 Å². The monoisotopic (exact) mass is 370 g/mol. The first-order valence-electron chi connectivity index (χ1n) is 10.3. The molecule has 1 fully saturated rings. The quantitative estimate of drug-likeness (QED) is 0.340. The molecule has 2 rings (SSSR count). The first-order chi connectivity index (χ1) is 13.2. The van der Waals surface area contributed by atoms with Gasteiger partial charge in [0.15, 0.2) is 0 Å². The SMILES string of the molecule is C/C=C/CCCCC/C=C/[C@H]1C(=O)CC[C@H]1COCc1ccc(OC)cc1. The molecule has 3 nitrogen and oxygen atoms in total. The number of hydrogen-bond acceptors (Lipinski definition) is 3. The Morgan fingerprint density at radius 1 is 1.07 bits per heavy atom. The van der Waals surface area contributed by atoms with Gasteiger partial charge in [-0.1, -0.05) is 42.9 Å². The van der Waals surface area contributed by atoms with Gasteiger partial charge in [0.05, 0.1) is 20.3 Å². The van der Waals surface area contributed by atoms with Crippen LogP contribution < -0.4 is 4.74 Å². The second kappa shape index (κ2) is 12.5. The Hall–Kier alpha value is -1.87. The predicted octanol–water partition coefficient (Wildman–Crippen LogP) is 5.89. The Morgan fingerprint density at radius 3 is 2.52 bits per heavy atom. The summed E-state index contributed by atoms with van der Waals surface area (Å²) >= 11 is 0. The first-order valence-corrected chi connectivity index (χ1v) is 10.3. The normalized spacial score (nSPS) is 20.1. The van der Waals surface area contributed by atoms with E-state index in [1.807, 2.05) is 24.3 Å². The molecule has 0 bridgehead atoms. The lowest BCUT2D eigenvalue weighted by molar-refractivity contribution is -0.120. The van der Waals surface area contributed by atoms with E-state index in [2.05, 4.69) is 31.2 Å². The van der Waals surface area contributed by atoms with E-state index in [-0.39, 0.29) is 5.92 Å². The molecule has 3 heteroatoms. The van der Waals surface area contributed by atoms with Crippen LogP contribution in [0, 0.1) is 11.8 Å². The van der Waals surface area contributed by atoms with Crippen molar-refractivity contribution < 1.29 is 14.3 Å². The van der Waals surface area contributed by atoms with Crippen molar-refractivity contribution in [3.05, 3.63) is 54.1 Å². The Balaban J connectivity index is 1.68. The summed E-state index contributed by atoms with van der Waals surface area (Å²) in [4.78, 5) is 12.2. The van der Waals surface area contributed by atoms with Crippen molar-refractivity contribution in [2.45, 2.75) is 58.5 Å². The molecule has 0 amide bonds. The molecule has 1 saturated carbocycles. The summed E-state index contributed by atoms with van der Waals surface area (Å²) in [5, 5.41) is 0. The second-order valence-corrected chi connectivity index (χ2v) is 7.29. The highest BCUT2D eigenvalue weighted by Crippen LogP contribution is 2.30. The molecule has 1 aromatic carbocycles. The summed E-state index contributed by atoms with van der Waals surface area (Å²) < 4.78 is 11.1. The Bertz CT molecular complexity index is 601. The van der Waals surface area contributed by atoms with Crippen LogP contribution in [0.5, 0.6) is 5.75 Å². The summed E-state index contributed by atoms with van der Waals surface area (Å²) in [7, 11) is 1.67. The Morgan fingerprint density at radius 2 is 1.81 bits per heavy atom. The third kappa shape index (κ3) is 7.72. The molecule has 0 radical (unpaired) electrons. The maximum Gasteiger partial charge on any atom is 0.140 e. The molecular weight excluding hydrogens is 336 g/mol. The van der Waals surface area contributed by atoms with Crippen molar-refractivity contribution in [2.75, 3.05) is 13.7 Å². The second-order valence-electron chi connectivity index (χ2n) is 7.29. The predicted molar refractivity (Wildman–Crippen MR) is 111 cm³/mol. The van der Waals surface area contributed by atoms with Crippen LogP contribution in [0.4, 0.5) is 0 Å². The summed E-state index contributed by atoms with van der Waals surface area (Å²) in [5.74, 6) is 1.59. The molecule has 1 aromatic rings. The van der Waals surface area contributed by atoms with Gasteiger partial charge in [-0.2, -0.15) is 0 Å². The number of ether oxygens (including phenoxy) is 2. The number of ketones is 1. The van der Waals surface area contributed by atoms with Crippen LogP contribution in [0.15, 0.2) is 48.6 Å². The molecule has 0 heterocycles. The number of methoxy groups -OCH3 is 1. The third-order valence-corrected chi connectivity index (χ3v) is 5.22. The van der Waals surface area contributed by atoms with E-state index in [4.69, 9.17) is 9.47 Å². The van der Waals surface area contributed by atoms with E-state index < -0.39 is 0 Å². The van der Waals surface area contributed by atoms with E-state index in [1.165, 1.54) is 25.7 Å². The number of allylic oxidation sites excluding steroid dienone is 4. The van der Waals surface area contributed by atoms with Gasteiger partial charge in [0, 0.05) is 12.3 Å². The highest BCUT2D eigenvalue weighted by Gasteiger charge is 2.32. The third-order valence-electron chi connectivity index (χ3n) is 5.22. The molecule has 27 heavy (non-hydrogen) atoms. The number of carbonyl (C=O) groups excluding carboxylic acids is 1. The maximum absolute atomic E-state index is 12.2. The molecule has 0 N–H and O–H groups in total. The van der Waals surface area contributed by atoms with Gasteiger partial charge < -0.3 is 9.47 Å². The number of rotatable bonds is 12. The Labute approximate surface area is 164 Å². The van der Waals surface area contributed by atoms with Gasteiger partial charge in [0.1, 0.15) is 11.5 Å². The Kier molecular flexibility index (Phi) is 9.93. The molecule has 1 aliphatic carbocycles. The van der Waals surface area contributed by atoms with Crippen LogP contribution in [0.2, 0.25) is 0 Å². The fourth-order valence-electron chi connectivity index (χ4n) is 3.55. The smallest absolute Gasteiger partial charge is 0.140 e. The fraction of sp³-hybridized carbons (Fsp3) is 0.542. The van der Waals surface area contributed by atoms with Gasteiger partial charge in [-0.3, -0.25) is 4.79 Å². The molecule has 0 unspecified atom stereocenters. The van der Waals surface area contributed by atoms with Crippen LogP contribution >= 0.6 is 0 Å². The molecule has 0 spiro atoms. The fourth-order valence-corrected chi connectivity index (χ4v) is 3.55. The van der Waals surface area contributed by atoms with E-state index in [9.17, 15) is 4.79 Å². The van der Waals surface area contributed by atoms with Gasteiger partial charge in [0.2, 0.25) is 0 Å². The number of Topliss-reactive ketones (excluding diaryl/α,β-unsaturated/α-hetero) is 1. The first kappa shape index (κ1) is 21.4. The lowest BCUT2D eigenvalue weighted by atomic mass is 9.95. The van der Waals surface area contributed by atoms with Crippen molar-refractivity contribution in [1.29, 1.82) is 0 Å². The van der Waals surface area contributed by atoms with Crippen molar-refractivity contribution >= 4 is 5.78 Å². The minimum atomic E-state index is 0.0453. The zero-order chi connectivity index (χ0) is 19.3. The van der Waals surface area contributed by atoms with Crippen molar-refractivity contribution in [1.82, 2.24) is 0 Å². The van der Waals surface area contributed by atoms with E-state index in [1.54, 1.807) is 7.11 Å². The largest absolute Gasteiger partial charge is 0.497 e. The number of hydrogen-bond donors (Lipinski definition) is 0. The lowest BCUT2D eigenvalue weighted by Crippen LogP contribution is -2.17. The minimum Gasteiger partial charge on any atom is -0.497 e. The average molecular weight is 371 g/mol. The van der Waals surface area contributed by atoms with Crippen LogP contribution in [0.3, 0.4) is 0 Å². The van der Waals surface area contributed by atoms with Gasteiger partial charge in [-0.25, -0.2) is 0 Å². The maximum atomic E-state index is 12.2. The standard InChI is InChI=1S/C24H34O3/c1-3-4-5-6-7-8-9-10-11-23-21(14-17-24(23)25)19-27-18-20-12-15-22(26-2)16-13-20/h3-4,10-13,15-16,21,23H,5-9,14,17-19H2,1-2H3/b4-3+,11-10+/t21-,23+/m0/s1. The molecule has 0 saturated heterocycles. The lowest BCUT2D eigenvalue weighted by Gasteiger charge is -2.15. The number of carbonyl (C=O) groups is 1. The van der Waals surface area contributed by atoms with Gasteiger partial charge in [-0.15, -0.1) is 0 Å². The van der Waals surface area contributed by atoms with Crippen molar-refractivity contribution in [3.63, 3.8) is 0 Å². The topological polar surface area (TPSA) is 35.5 Å². The minimum absolute atomic E-state index is 0.0453. The van der Waals surface area contributed by atoms with E-state index >= 15 is 0 Å². The summed E-state index contributed by atoms with van der Waals surface area (Å²) in [6.07, 6.45) is 16.3. The summed E-state index contributed by atoms with van der Waals surface area (Å²) in [5.41, 5.74) is 1.13. The molecule has 1 aliphatic rings. The highest BCUT2D eigenvalue weighted by molar-refractivity contribution is 5.85. The average Bonchev–Trinajstić information content (AvgIpc) is 3.04. The summed E-state index contributed by atoms with van der Waals surface area (Å²) in [6.45, 7) is 3.30. The highest BCUT2D eigenvalue weighted by atomic mass is 16.5. The van der Waals surface area contributed by atoms with Crippen LogP contribution in [0.25, 0.3) is 0 Å². The molecule has 0 aromatic heterocycles.